The molecule has 0 heterocycles. The third-order valence-corrected chi connectivity index (χ3v) is 3.43. The fourth-order valence-electron chi connectivity index (χ4n) is 1.38. The lowest BCUT2D eigenvalue weighted by atomic mass is 10.1. The molecular formula is C12H14Cl2O3S. The number of esters is 1. The zero-order valence-corrected chi connectivity index (χ0v) is 12.7. The number of ether oxygens (including phenoxy) is 1. The Bertz CT molecular complexity index is 481. The van der Waals surface area contributed by atoms with Gasteiger partial charge in [0.2, 0.25) is 0 Å². The minimum atomic E-state index is -1.68. The zero-order chi connectivity index (χ0) is 13.9. The first-order valence-electron chi connectivity index (χ1n) is 5.27. The van der Waals surface area contributed by atoms with Gasteiger partial charge in [0.15, 0.2) is 0 Å². The molecule has 18 heavy (non-hydrogen) atoms. The topological polar surface area (TPSA) is 43.4 Å². The minimum absolute atomic E-state index is 0.00831. The van der Waals surface area contributed by atoms with E-state index in [4.69, 9.17) is 27.0 Å². The minimum Gasteiger partial charge on any atom is -0.460 e. The summed E-state index contributed by atoms with van der Waals surface area (Å²) >= 11 is 5.84. The third kappa shape index (κ3) is 4.96. The van der Waals surface area contributed by atoms with Crippen molar-refractivity contribution in [3.63, 3.8) is 0 Å². The van der Waals surface area contributed by atoms with Crippen molar-refractivity contribution in [2.75, 3.05) is 0 Å². The van der Waals surface area contributed by atoms with Gasteiger partial charge in [0.1, 0.15) is 15.6 Å². The van der Waals surface area contributed by atoms with Crippen LogP contribution in [0.3, 0.4) is 0 Å². The summed E-state index contributed by atoms with van der Waals surface area (Å²) in [5, 5.41) is 0.458. The molecule has 0 aliphatic heterocycles. The molecule has 1 aromatic carbocycles. The van der Waals surface area contributed by atoms with Gasteiger partial charge in [0.25, 0.3) is 0 Å². The molecule has 0 spiro atoms. The predicted octanol–water partition coefficient (Wildman–Crippen LogP) is 3.49. The summed E-state index contributed by atoms with van der Waals surface area (Å²) in [5.41, 5.74) is -0.0410. The van der Waals surface area contributed by atoms with E-state index in [1.165, 1.54) is 0 Å². The predicted molar refractivity (Wildman–Crippen MR) is 73.3 cm³/mol. The molecule has 0 radical (unpaired) electrons. The first-order valence-corrected chi connectivity index (χ1v) is 7.63. The van der Waals surface area contributed by atoms with Crippen LogP contribution in [-0.2, 0) is 26.0 Å². The fourth-order valence-corrected chi connectivity index (χ4v) is 2.53. The third-order valence-electron chi connectivity index (χ3n) is 1.95. The van der Waals surface area contributed by atoms with E-state index in [1.54, 1.807) is 39.0 Å². The van der Waals surface area contributed by atoms with Gasteiger partial charge in [0.05, 0.1) is 11.3 Å². The maximum absolute atomic E-state index is 11.7. The van der Waals surface area contributed by atoms with Crippen molar-refractivity contribution >= 4 is 38.3 Å². The highest BCUT2D eigenvalue weighted by atomic mass is 35.7. The molecule has 0 aliphatic carbocycles. The van der Waals surface area contributed by atoms with Crippen LogP contribution in [0.4, 0.5) is 0 Å². The lowest BCUT2D eigenvalue weighted by Gasteiger charge is -2.19. The number of hydrogen-bond acceptors (Lipinski definition) is 3. The van der Waals surface area contributed by atoms with Crippen LogP contribution in [0.2, 0.25) is 5.02 Å². The molecule has 0 aliphatic rings. The Balaban J connectivity index is 2.93. The maximum atomic E-state index is 11.7. The summed E-state index contributed by atoms with van der Waals surface area (Å²) in [7, 11) is 3.87. The molecule has 0 saturated carbocycles. The highest BCUT2D eigenvalue weighted by Gasteiger charge is 2.19. The second-order valence-electron chi connectivity index (χ2n) is 4.74. The summed E-state index contributed by atoms with van der Waals surface area (Å²) in [6, 6.07) is 4.70. The first-order chi connectivity index (χ1) is 8.19. The van der Waals surface area contributed by atoms with E-state index in [0.29, 0.717) is 15.5 Å². The van der Waals surface area contributed by atoms with E-state index in [9.17, 15) is 9.00 Å². The van der Waals surface area contributed by atoms with Crippen LogP contribution < -0.4 is 0 Å². The van der Waals surface area contributed by atoms with Crippen LogP contribution in [-0.4, -0.2) is 15.8 Å². The van der Waals surface area contributed by atoms with E-state index < -0.39 is 21.6 Å². The smallest absolute Gasteiger partial charge is 0.310 e. The molecule has 1 aromatic rings. The van der Waals surface area contributed by atoms with Crippen molar-refractivity contribution < 1.29 is 13.7 Å². The largest absolute Gasteiger partial charge is 0.460 e. The molecule has 0 bridgehead atoms. The van der Waals surface area contributed by atoms with Crippen molar-refractivity contribution in [3.8, 4) is 0 Å². The van der Waals surface area contributed by atoms with Crippen LogP contribution in [0, 0.1) is 0 Å². The van der Waals surface area contributed by atoms with Crippen LogP contribution in [0.25, 0.3) is 0 Å². The van der Waals surface area contributed by atoms with E-state index in [1.807, 2.05) is 0 Å². The Morgan fingerprint density at radius 3 is 2.50 bits per heavy atom. The quantitative estimate of drug-likeness (QED) is 0.634. The number of benzene rings is 1. The molecule has 1 unspecified atom stereocenters. The monoisotopic (exact) mass is 308 g/mol. The number of carbonyl (C=O) groups excluding carboxylic acids is 1. The highest BCUT2D eigenvalue weighted by Crippen LogP contribution is 2.22. The van der Waals surface area contributed by atoms with Gasteiger partial charge in [-0.1, -0.05) is 11.6 Å². The van der Waals surface area contributed by atoms with Gasteiger partial charge in [-0.25, -0.2) is 4.21 Å². The van der Waals surface area contributed by atoms with Crippen molar-refractivity contribution in [3.05, 3.63) is 28.8 Å². The van der Waals surface area contributed by atoms with Gasteiger partial charge in [-0.2, -0.15) is 0 Å². The van der Waals surface area contributed by atoms with Gasteiger partial charge < -0.3 is 4.74 Å². The van der Waals surface area contributed by atoms with Crippen molar-refractivity contribution in [1.82, 2.24) is 0 Å². The molecule has 0 N–H and O–H groups in total. The standard InChI is InChI=1S/C12H14Cl2O3S/c1-12(2,3)17-11(15)7-8-6-9(13)4-5-10(8)18(14)16/h4-6H,7H2,1-3H3. The van der Waals surface area contributed by atoms with E-state index in [2.05, 4.69) is 0 Å². The van der Waals surface area contributed by atoms with Gasteiger partial charge in [-0.05, 0) is 55.2 Å². The number of carbonyl (C=O) groups is 1. The van der Waals surface area contributed by atoms with Crippen LogP contribution in [0.15, 0.2) is 23.1 Å². The zero-order valence-electron chi connectivity index (χ0n) is 10.3. The molecule has 3 nitrogen and oxygen atoms in total. The van der Waals surface area contributed by atoms with Crippen LogP contribution in [0.1, 0.15) is 26.3 Å². The number of rotatable bonds is 3. The Hall–Kier alpha value is -0.580. The average molecular weight is 309 g/mol. The van der Waals surface area contributed by atoms with Gasteiger partial charge >= 0.3 is 5.97 Å². The van der Waals surface area contributed by atoms with E-state index >= 15 is 0 Å². The normalized spacial score (nSPS) is 13.2. The molecule has 0 saturated heterocycles. The van der Waals surface area contributed by atoms with Gasteiger partial charge in [-0.3, -0.25) is 4.79 Å². The van der Waals surface area contributed by atoms with Crippen molar-refractivity contribution in [1.29, 1.82) is 0 Å². The van der Waals surface area contributed by atoms with E-state index in [0.717, 1.165) is 0 Å². The Morgan fingerprint density at radius 1 is 1.39 bits per heavy atom. The Labute approximate surface area is 118 Å². The molecule has 1 rings (SSSR count). The summed E-state index contributed by atoms with van der Waals surface area (Å²) < 4.78 is 16.5. The Kier molecular flexibility index (Phi) is 5.20. The number of hydrogen-bond donors (Lipinski definition) is 0. The molecular weight excluding hydrogens is 295 g/mol. The summed E-state index contributed by atoms with van der Waals surface area (Å²) in [6.07, 6.45) is -0.00831. The van der Waals surface area contributed by atoms with Crippen molar-refractivity contribution in [2.45, 2.75) is 37.7 Å². The second-order valence-corrected chi connectivity index (χ2v) is 6.90. The SMILES string of the molecule is CC(C)(C)OC(=O)Cc1cc(Cl)ccc1S(=O)Cl. The molecule has 1 atom stereocenters. The summed E-state index contributed by atoms with van der Waals surface area (Å²) in [4.78, 5) is 12.1. The molecule has 100 valence electrons. The number of halogens is 2. The molecule has 0 fully saturated rings. The van der Waals surface area contributed by atoms with E-state index in [-0.39, 0.29) is 6.42 Å². The molecule has 0 aromatic heterocycles. The maximum Gasteiger partial charge on any atom is 0.310 e. The highest BCUT2D eigenvalue weighted by molar-refractivity contribution is 8.08. The van der Waals surface area contributed by atoms with Crippen LogP contribution in [0.5, 0.6) is 0 Å². The Morgan fingerprint density at radius 2 is 2.00 bits per heavy atom. The van der Waals surface area contributed by atoms with Gasteiger partial charge in [0, 0.05) is 5.02 Å². The molecule has 6 heteroatoms. The fraction of sp³-hybridized carbons (Fsp3) is 0.417. The second kappa shape index (κ2) is 6.04. The van der Waals surface area contributed by atoms with Crippen molar-refractivity contribution in [2.24, 2.45) is 0 Å². The average Bonchev–Trinajstić information content (AvgIpc) is 2.13. The lowest BCUT2D eigenvalue weighted by Crippen LogP contribution is -2.25. The summed E-state index contributed by atoms with van der Waals surface area (Å²) in [5.74, 6) is -0.409. The van der Waals surface area contributed by atoms with Gasteiger partial charge in [-0.15, -0.1) is 0 Å². The first kappa shape index (κ1) is 15.5. The molecule has 0 amide bonds. The van der Waals surface area contributed by atoms with Crippen LogP contribution >= 0.6 is 22.3 Å². The summed E-state index contributed by atoms with van der Waals surface area (Å²) in [6.45, 7) is 5.34. The lowest BCUT2D eigenvalue weighted by molar-refractivity contribution is -0.153.